The molecule has 1 aliphatic heterocycles. The van der Waals surface area contributed by atoms with Crippen LogP contribution in [-0.2, 0) is 4.74 Å². The van der Waals surface area contributed by atoms with Crippen LogP contribution >= 0.6 is 0 Å². The number of para-hydroxylation sites is 1. The van der Waals surface area contributed by atoms with Crippen LogP contribution in [0.3, 0.4) is 0 Å². The number of fused-ring (bicyclic) bond motifs is 1. The number of carbonyl (C=O) groups excluding carboxylic acids is 1. The van der Waals surface area contributed by atoms with E-state index in [1.54, 1.807) is 24.3 Å². The van der Waals surface area contributed by atoms with Crippen LogP contribution in [0, 0.1) is 0 Å². The van der Waals surface area contributed by atoms with Gasteiger partial charge in [0.15, 0.2) is 0 Å². The first-order valence-corrected chi connectivity index (χ1v) is 8.82. The predicted octanol–water partition coefficient (Wildman–Crippen LogP) is 3.88. The standard InChI is InChI=1S/C20H25N3O3/c1-20(2,3)26-19(24)23(4)13-15-9-11-25-18-16(6-5-7-17(15)18)14-8-10-21-22-12-14/h5-8,10,12,15H,9,11,13H2,1-4H3/t15-/m0/s1. The molecule has 3 rings (SSSR count). The third-order valence-corrected chi connectivity index (χ3v) is 4.29. The molecular weight excluding hydrogens is 330 g/mol. The van der Waals surface area contributed by atoms with Crippen molar-refractivity contribution < 1.29 is 14.3 Å². The van der Waals surface area contributed by atoms with Crippen molar-refractivity contribution in [2.24, 2.45) is 0 Å². The molecule has 1 aliphatic rings. The first-order chi connectivity index (χ1) is 12.3. The van der Waals surface area contributed by atoms with Crippen molar-refractivity contribution in [3.63, 3.8) is 0 Å². The summed E-state index contributed by atoms with van der Waals surface area (Å²) in [4.78, 5) is 13.9. The van der Waals surface area contributed by atoms with Crippen LogP contribution in [0.1, 0.15) is 38.7 Å². The van der Waals surface area contributed by atoms with Crippen molar-refractivity contribution in [2.45, 2.75) is 38.7 Å². The monoisotopic (exact) mass is 355 g/mol. The lowest BCUT2D eigenvalue weighted by Crippen LogP contribution is -2.37. The Morgan fingerprint density at radius 2 is 2.12 bits per heavy atom. The van der Waals surface area contributed by atoms with E-state index in [0.717, 1.165) is 28.9 Å². The fourth-order valence-electron chi connectivity index (χ4n) is 3.11. The number of ether oxygens (including phenoxy) is 2. The number of benzene rings is 1. The molecule has 0 radical (unpaired) electrons. The first kappa shape index (κ1) is 18.2. The molecule has 6 nitrogen and oxygen atoms in total. The van der Waals surface area contributed by atoms with Gasteiger partial charge >= 0.3 is 6.09 Å². The van der Waals surface area contributed by atoms with Gasteiger partial charge in [0.2, 0.25) is 0 Å². The molecule has 0 unspecified atom stereocenters. The normalized spacial score (nSPS) is 16.4. The van der Waals surface area contributed by atoms with E-state index in [0.29, 0.717) is 13.2 Å². The van der Waals surface area contributed by atoms with Gasteiger partial charge in [-0.1, -0.05) is 18.2 Å². The summed E-state index contributed by atoms with van der Waals surface area (Å²) in [6, 6.07) is 8.03. The summed E-state index contributed by atoms with van der Waals surface area (Å²) < 4.78 is 11.4. The minimum atomic E-state index is -0.500. The van der Waals surface area contributed by atoms with Crippen LogP contribution in [0.2, 0.25) is 0 Å². The number of aromatic nitrogens is 2. The molecule has 0 spiro atoms. The molecule has 1 amide bonds. The lowest BCUT2D eigenvalue weighted by Gasteiger charge is -2.31. The van der Waals surface area contributed by atoms with Gasteiger partial charge < -0.3 is 14.4 Å². The van der Waals surface area contributed by atoms with Crippen LogP contribution in [0.4, 0.5) is 4.79 Å². The Morgan fingerprint density at radius 3 is 2.81 bits per heavy atom. The number of likely N-dealkylation sites (N-methyl/N-ethyl adjacent to an activating group) is 1. The summed E-state index contributed by atoms with van der Waals surface area (Å²) in [7, 11) is 1.78. The van der Waals surface area contributed by atoms with E-state index < -0.39 is 5.60 Å². The smallest absolute Gasteiger partial charge is 0.410 e. The van der Waals surface area contributed by atoms with E-state index >= 15 is 0 Å². The Kier molecular flexibility index (Phi) is 5.11. The van der Waals surface area contributed by atoms with Crippen LogP contribution in [-0.4, -0.2) is 47.0 Å². The molecule has 0 aliphatic carbocycles. The van der Waals surface area contributed by atoms with Gasteiger partial charge in [0, 0.05) is 30.6 Å². The van der Waals surface area contributed by atoms with Gasteiger partial charge in [-0.15, -0.1) is 0 Å². The molecule has 1 aromatic heterocycles. The highest BCUT2D eigenvalue weighted by Crippen LogP contribution is 2.41. The summed E-state index contributed by atoms with van der Waals surface area (Å²) in [5.41, 5.74) is 2.58. The molecule has 0 saturated carbocycles. The first-order valence-electron chi connectivity index (χ1n) is 8.82. The molecule has 1 atom stereocenters. The molecule has 0 fully saturated rings. The lowest BCUT2D eigenvalue weighted by atomic mass is 9.89. The van der Waals surface area contributed by atoms with E-state index in [2.05, 4.69) is 16.3 Å². The molecular formula is C20H25N3O3. The fraction of sp³-hybridized carbons (Fsp3) is 0.450. The highest BCUT2D eigenvalue weighted by Gasteiger charge is 2.28. The molecule has 2 heterocycles. The van der Waals surface area contributed by atoms with Crippen LogP contribution in [0.25, 0.3) is 11.1 Å². The predicted molar refractivity (Wildman–Crippen MR) is 99.2 cm³/mol. The van der Waals surface area contributed by atoms with Crippen molar-refractivity contribution in [1.29, 1.82) is 0 Å². The molecule has 0 N–H and O–H groups in total. The van der Waals surface area contributed by atoms with Crippen LogP contribution < -0.4 is 4.74 Å². The number of hydrogen-bond acceptors (Lipinski definition) is 5. The van der Waals surface area contributed by atoms with Crippen molar-refractivity contribution >= 4 is 6.09 Å². The maximum atomic E-state index is 12.3. The minimum absolute atomic E-state index is 0.200. The molecule has 138 valence electrons. The van der Waals surface area contributed by atoms with Gasteiger partial charge in [-0.05, 0) is 38.8 Å². The second-order valence-corrected chi connectivity index (χ2v) is 7.55. The lowest BCUT2D eigenvalue weighted by molar-refractivity contribution is 0.0281. The molecule has 1 aromatic carbocycles. The maximum Gasteiger partial charge on any atom is 0.410 e. The van der Waals surface area contributed by atoms with Gasteiger partial charge in [-0.2, -0.15) is 10.2 Å². The molecule has 6 heteroatoms. The van der Waals surface area contributed by atoms with Crippen LogP contribution in [0.15, 0.2) is 36.7 Å². The second kappa shape index (κ2) is 7.32. The van der Waals surface area contributed by atoms with Gasteiger partial charge in [-0.3, -0.25) is 0 Å². The van der Waals surface area contributed by atoms with Crippen molar-refractivity contribution in [1.82, 2.24) is 15.1 Å². The average Bonchev–Trinajstić information content (AvgIpc) is 2.61. The zero-order valence-corrected chi connectivity index (χ0v) is 15.7. The number of hydrogen-bond donors (Lipinski definition) is 0. The second-order valence-electron chi connectivity index (χ2n) is 7.55. The summed E-state index contributed by atoms with van der Waals surface area (Å²) >= 11 is 0. The SMILES string of the molecule is CN(C[C@@H]1CCOc2c(-c3ccnnc3)cccc21)C(=O)OC(C)(C)C. The number of carbonyl (C=O) groups is 1. The Balaban J connectivity index is 1.83. The zero-order valence-electron chi connectivity index (χ0n) is 15.7. The average molecular weight is 355 g/mol. The van der Waals surface area contributed by atoms with Crippen molar-refractivity contribution in [3.05, 3.63) is 42.2 Å². The summed E-state index contributed by atoms with van der Waals surface area (Å²) in [5.74, 6) is 1.07. The minimum Gasteiger partial charge on any atom is -0.493 e. The maximum absolute atomic E-state index is 12.3. The number of nitrogens with zero attached hydrogens (tertiary/aromatic N) is 3. The van der Waals surface area contributed by atoms with Gasteiger partial charge in [-0.25, -0.2) is 4.79 Å². The molecule has 2 aromatic rings. The van der Waals surface area contributed by atoms with Crippen molar-refractivity contribution in [3.8, 4) is 16.9 Å². The molecule has 0 bridgehead atoms. The number of amides is 1. The third-order valence-electron chi connectivity index (χ3n) is 4.29. The highest BCUT2D eigenvalue weighted by atomic mass is 16.6. The van der Waals surface area contributed by atoms with E-state index in [4.69, 9.17) is 9.47 Å². The number of rotatable bonds is 3. The zero-order chi connectivity index (χ0) is 18.7. The summed E-state index contributed by atoms with van der Waals surface area (Å²) in [6.45, 7) is 6.82. The van der Waals surface area contributed by atoms with E-state index in [9.17, 15) is 4.79 Å². The van der Waals surface area contributed by atoms with E-state index in [-0.39, 0.29) is 12.0 Å². The quantitative estimate of drug-likeness (QED) is 0.836. The molecule has 26 heavy (non-hydrogen) atoms. The largest absolute Gasteiger partial charge is 0.493 e. The van der Waals surface area contributed by atoms with E-state index in [1.807, 2.05) is 39.0 Å². The Hall–Kier alpha value is -2.63. The third kappa shape index (κ3) is 4.12. The van der Waals surface area contributed by atoms with Crippen LogP contribution in [0.5, 0.6) is 5.75 Å². The fourth-order valence-corrected chi connectivity index (χ4v) is 3.11. The van der Waals surface area contributed by atoms with Crippen molar-refractivity contribution in [2.75, 3.05) is 20.2 Å². The molecule has 0 saturated heterocycles. The topological polar surface area (TPSA) is 64.5 Å². The summed E-state index contributed by atoms with van der Waals surface area (Å²) in [5, 5.41) is 7.80. The Bertz CT molecular complexity index is 772. The Labute approximate surface area is 154 Å². The van der Waals surface area contributed by atoms with Gasteiger partial charge in [0.1, 0.15) is 11.4 Å². The Morgan fingerprint density at radius 1 is 1.31 bits per heavy atom. The van der Waals surface area contributed by atoms with E-state index in [1.165, 1.54) is 0 Å². The van der Waals surface area contributed by atoms with Gasteiger partial charge in [0.05, 0.1) is 19.0 Å². The van der Waals surface area contributed by atoms with Gasteiger partial charge in [0.25, 0.3) is 0 Å². The highest BCUT2D eigenvalue weighted by molar-refractivity contribution is 5.72. The summed E-state index contributed by atoms with van der Waals surface area (Å²) in [6.07, 6.45) is 3.96.